The molecule has 0 saturated carbocycles. The van der Waals surface area contributed by atoms with Gasteiger partial charge >= 0.3 is 0 Å². The van der Waals surface area contributed by atoms with Gasteiger partial charge in [0.25, 0.3) is 0 Å². The Kier molecular flexibility index (Phi) is 5.16. The fourth-order valence-corrected chi connectivity index (χ4v) is 2.03. The van der Waals surface area contributed by atoms with Crippen LogP contribution in [0.4, 0.5) is 0 Å². The normalized spacial score (nSPS) is 11.3. The van der Waals surface area contributed by atoms with Crippen LogP contribution >= 0.6 is 23.2 Å². The minimum Gasteiger partial charge on any atom is -0.290 e. The van der Waals surface area contributed by atoms with Crippen molar-refractivity contribution in [1.29, 1.82) is 0 Å². The lowest BCUT2D eigenvalue weighted by Gasteiger charge is -1.94. The molecule has 0 spiro atoms. The zero-order chi connectivity index (χ0) is 14.4. The second-order valence-electron chi connectivity index (χ2n) is 4.18. The first-order valence-electron chi connectivity index (χ1n) is 6.05. The van der Waals surface area contributed by atoms with Gasteiger partial charge in [0.1, 0.15) is 0 Å². The molecule has 1 nitrogen and oxygen atoms in total. The number of hydrogen-bond donors (Lipinski definition) is 0. The largest absolute Gasteiger partial charge is 0.290 e. The quantitative estimate of drug-likeness (QED) is 0.701. The molecule has 0 amide bonds. The standard InChI is InChI=1S/C17H12Cl2O/c18-15-5-1-3-13(11-15)7-9-17(20)10-8-14-4-2-6-16(19)12-14/h1-12H/b9-7+,10-8+. The van der Waals surface area contributed by atoms with Crippen molar-refractivity contribution >= 4 is 41.1 Å². The van der Waals surface area contributed by atoms with Gasteiger partial charge < -0.3 is 0 Å². The summed E-state index contributed by atoms with van der Waals surface area (Å²) in [7, 11) is 0. The third kappa shape index (κ3) is 4.69. The Morgan fingerprint density at radius 2 is 1.25 bits per heavy atom. The molecule has 100 valence electrons. The second kappa shape index (κ2) is 7.09. The molecule has 2 aromatic rings. The SMILES string of the molecule is O=C(/C=C/c1cccc(Cl)c1)/C=C/c1cccc(Cl)c1. The Hall–Kier alpha value is -1.83. The first-order chi connectivity index (χ1) is 9.63. The summed E-state index contributed by atoms with van der Waals surface area (Å²) >= 11 is 11.7. The molecule has 0 aliphatic rings. The molecule has 0 aromatic heterocycles. The van der Waals surface area contributed by atoms with Gasteiger partial charge in [-0.15, -0.1) is 0 Å². The Bertz CT molecular complexity index is 615. The summed E-state index contributed by atoms with van der Waals surface area (Å²) in [5, 5.41) is 1.29. The monoisotopic (exact) mass is 302 g/mol. The smallest absolute Gasteiger partial charge is 0.178 e. The molecule has 0 aliphatic heterocycles. The first-order valence-corrected chi connectivity index (χ1v) is 6.80. The Labute approximate surface area is 128 Å². The maximum absolute atomic E-state index is 11.7. The molecule has 2 aromatic carbocycles. The summed E-state index contributed by atoms with van der Waals surface area (Å²) in [5.41, 5.74) is 1.78. The summed E-state index contributed by atoms with van der Waals surface area (Å²) in [6.45, 7) is 0. The van der Waals surface area contributed by atoms with Crippen molar-refractivity contribution in [3.8, 4) is 0 Å². The number of allylic oxidation sites excluding steroid dienone is 2. The van der Waals surface area contributed by atoms with Gasteiger partial charge in [0.15, 0.2) is 5.78 Å². The Morgan fingerprint density at radius 1 is 0.800 bits per heavy atom. The average molecular weight is 303 g/mol. The second-order valence-corrected chi connectivity index (χ2v) is 5.05. The summed E-state index contributed by atoms with van der Waals surface area (Å²) < 4.78 is 0. The molecular formula is C17H12Cl2O. The van der Waals surface area contributed by atoms with Crippen LogP contribution in [0.25, 0.3) is 12.2 Å². The molecule has 0 unspecified atom stereocenters. The van der Waals surface area contributed by atoms with Crippen LogP contribution in [0.5, 0.6) is 0 Å². The molecule has 2 rings (SSSR count). The topological polar surface area (TPSA) is 17.1 Å². The van der Waals surface area contributed by atoms with Crippen molar-refractivity contribution in [2.24, 2.45) is 0 Å². The van der Waals surface area contributed by atoms with E-state index in [-0.39, 0.29) is 5.78 Å². The Morgan fingerprint density at radius 3 is 1.65 bits per heavy atom. The summed E-state index contributed by atoms with van der Waals surface area (Å²) in [6.07, 6.45) is 6.48. The van der Waals surface area contributed by atoms with Crippen LogP contribution in [0, 0.1) is 0 Å². The van der Waals surface area contributed by atoms with Crippen LogP contribution in [0.15, 0.2) is 60.7 Å². The zero-order valence-electron chi connectivity index (χ0n) is 10.6. The Balaban J connectivity index is 2.02. The third-order valence-corrected chi connectivity index (χ3v) is 3.05. The maximum Gasteiger partial charge on any atom is 0.178 e. The van der Waals surface area contributed by atoms with Crippen molar-refractivity contribution in [1.82, 2.24) is 0 Å². The number of rotatable bonds is 4. The van der Waals surface area contributed by atoms with E-state index in [9.17, 15) is 4.79 Å². The molecule has 0 atom stereocenters. The number of benzene rings is 2. The van der Waals surface area contributed by atoms with Crippen LogP contribution in [0.1, 0.15) is 11.1 Å². The van der Waals surface area contributed by atoms with Crippen molar-refractivity contribution in [3.05, 3.63) is 81.9 Å². The van der Waals surface area contributed by atoms with E-state index in [1.54, 1.807) is 36.4 Å². The van der Waals surface area contributed by atoms with E-state index in [2.05, 4.69) is 0 Å². The van der Waals surface area contributed by atoms with E-state index in [0.717, 1.165) is 11.1 Å². The number of carbonyl (C=O) groups excluding carboxylic acids is 1. The number of hydrogen-bond acceptors (Lipinski definition) is 1. The molecule has 0 heterocycles. The van der Waals surface area contributed by atoms with Crippen LogP contribution in [0.3, 0.4) is 0 Å². The van der Waals surface area contributed by atoms with Crippen LogP contribution < -0.4 is 0 Å². The highest BCUT2D eigenvalue weighted by molar-refractivity contribution is 6.31. The van der Waals surface area contributed by atoms with E-state index < -0.39 is 0 Å². The van der Waals surface area contributed by atoms with Gasteiger partial charge in [-0.05, 0) is 47.5 Å². The molecule has 0 radical (unpaired) electrons. The van der Waals surface area contributed by atoms with E-state index >= 15 is 0 Å². The number of carbonyl (C=O) groups is 1. The van der Waals surface area contributed by atoms with Gasteiger partial charge in [-0.3, -0.25) is 4.79 Å². The van der Waals surface area contributed by atoms with Crippen molar-refractivity contribution < 1.29 is 4.79 Å². The minimum atomic E-state index is -0.0926. The van der Waals surface area contributed by atoms with Crippen LogP contribution in [-0.4, -0.2) is 5.78 Å². The molecule has 0 bridgehead atoms. The number of ketones is 1. The van der Waals surface area contributed by atoms with Gasteiger partial charge in [-0.1, -0.05) is 59.6 Å². The van der Waals surface area contributed by atoms with Gasteiger partial charge in [0.2, 0.25) is 0 Å². The average Bonchev–Trinajstić information content (AvgIpc) is 2.43. The first kappa shape index (κ1) is 14.6. The van der Waals surface area contributed by atoms with Crippen molar-refractivity contribution in [3.63, 3.8) is 0 Å². The van der Waals surface area contributed by atoms with Crippen molar-refractivity contribution in [2.45, 2.75) is 0 Å². The lowest BCUT2D eigenvalue weighted by atomic mass is 10.1. The predicted octanol–water partition coefficient (Wildman–Crippen LogP) is 5.29. The van der Waals surface area contributed by atoms with Gasteiger partial charge in [-0.2, -0.15) is 0 Å². The summed E-state index contributed by atoms with van der Waals surface area (Å²) in [4.78, 5) is 11.7. The maximum atomic E-state index is 11.7. The highest BCUT2D eigenvalue weighted by atomic mass is 35.5. The molecular weight excluding hydrogens is 291 g/mol. The molecule has 0 aliphatic carbocycles. The van der Waals surface area contributed by atoms with Crippen LogP contribution in [-0.2, 0) is 4.79 Å². The van der Waals surface area contributed by atoms with E-state index in [4.69, 9.17) is 23.2 Å². The summed E-state index contributed by atoms with van der Waals surface area (Å²) in [6, 6.07) is 14.6. The van der Waals surface area contributed by atoms with Gasteiger partial charge in [0, 0.05) is 10.0 Å². The molecule has 0 N–H and O–H groups in total. The molecule has 20 heavy (non-hydrogen) atoms. The van der Waals surface area contributed by atoms with E-state index in [0.29, 0.717) is 10.0 Å². The fraction of sp³-hybridized carbons (Fsp3) is 0. The highest BCUT2D eigenvalue weighted by Crippen LogP contribution is 2.13. The molecule has 3 heteroatoms. The lowest BCUT2D eigenvalue weighted by Crippen LogP contribution is -1.85. The molecule has 0 saturated heterocycles. The van der Waals surface area contributed by atoms with Crippen LogP contribution in [0.2, 0.25) is 10.0 Å². The molecule has 0 fully saturated rings. The predicted molar refractivity (Wildman–Crippen MR) is 86.0 cm³/mol. The summed E-state index contributed by atoms with van der Waals surface area (Å²) in [5.74, 6) is -0.0926. The van der Waals surface area contributed by atoms with Gasteiger partial charge in [-0.25, -0.2) is 0 Å². The van der Waals surface area contributed by atoms with E-state index in [1.807, 2.05) is 24.3 Å². The van der Waals surface area contributed by atoms with E-state index in [1.165, 1.54) is 12.2 Å². The third-order valence-electron chi connectivity index (χ3n) is 2.58. The van der Waals surface area contributed by atoms with Gasteiger partial charge in [0.05, 0.1) is 0 Å². The fourth-order valence-electron chi connectivity index (χ4n) is 1.63. The zero-order valence-corrected chi connectivity index (χ0v) is 12.1. The lowest BCUT2D eigenvalue weighted by molar-refractivity contribution is -0.110. The number of halogens is 2. The minimum absolute atomic E-state index is 0.0926. The highest BCUT2D eigenvalue weighted by Gasteiger charge is 1.93. The van der Waals surface area contributed by atoms with Crippen molar-refractivity contribution in [2.75, 3.05) is 0 Å².